The maximum absolute atomic E-state index is 10.5. The Hall–Kier alpha value is -1.12. The van der Waals surface area contributed by atoms with Gasteiger partial charge in [-0.2, -0.15) is 0 Å². The van der Waals surface area contributed by atoms with E-state index < -0.39 is 22.2 Å². The third kappa shape index (κ3) is 6.89. The molecule has 2 aromatic rings. The second-order valence-corrected chi connectivity index (χ2v) is 5.59. The van der Waals surface area contributed by atoms with Gasteiger partial charge in [-0.25, -0.2) is 0 Å². The van der Waals surface area contributed by atoms with E-state index >= 15 is 0 Å². The van der Waals surface area contributed by atoms with Crippen LogP contribution < -0.4 is 9.47 Å². The van der Waals surface area contributed by atoms with E-state index in [2.05, 4.69) is 0 Å². The number of benzene rings is 2. The Bertz CT molecular complexity index is 608. The maximum atomic E-state index is 10.5. The number of methoxy groups -OCH3 is 2. The van der Waals surface area contributed by atoms with Crippen LogP contribution in [0.25, 0.3) is 0 Å². The molecule has 0 N–H and O–H groups in total. The molecule has 0 aromatic heterocycles. The molecule has 0 aliphatic carbocycles. The van der Waals surface area contributed by atoms with Crippen molar-refractivity contribution in [2.24, 2.45) is 0 Å². The van der Waals surface area contributed by atoms with Crippen molar-refractivity contribution >= 4 is 22.2 Å². The zero-order valence-corrected chi connectivity index (χ0v) is 17.2. The van der Waals surface area contributed by atoms with Crippen LogP contribution in [-0.4, -0.2) is 31.7 Å². The smallest absolute Gasteiger partial charge is 0.768 e. The molecule has 0 spiro atoms. The van der Waals surface area contributed by atoms with Crippen molar-refractivity contribution in [1.82, 2.24) is 0 Å². The summed E-state index contributed by atoms with van der Waals surface area (Å²) in [7, 11) is 2.87. The van der Waals surface area contributed by atoms with Crippen LogP contribution in [0.2, 0.25) is 0 Å². The van der Waals surface area contributed by atoms with Gasteiger partial charge in [-0.1, -0.05) is 24.3 Å². The molecule has 2 unspecified atom stereocenters. The fourth-order valence-electron chi connectivity index (χ4n) is 1.51. The Morgan fingerprint density at radius 3 is 1.26 bits per heavy atom. The van der Waals surface area contributed by atoms with E-state index in [4.69, 9.17) is 9.47 Å². The molecule has 0 saturated heterocycles. The molecule has 0 bridgehead atoms. The number of para-hydroxylation sites is 2. The van der Waals surface area contributed by atoms with Gasteiger partial charge in [0.2, 0.25) is 0 Å². The van der Waals surface area contributed by atoms with E-state index in [1.54, 1.807) is 36.4 Å². The van der Waals surface area contributed by atoms with Gasteiger partial charge in [0.05, 0.1) is 24.0 Å². The first-order chi connectivity index (χ1) is 10.5. The van der Waals surface area contributed by atoms with E-state index in [0.29, 0.717) is 11.5 Å². The molecule has 0 saturated carbocycles. The SMILES string of the molecule is COc1ccccc1S(=O)[O-].COc1ccccc1S(=O)[O-].[Zn+2]. The Morgan fingerprint density at radius 1 is 0.739 bits per heavy atom. The first-order valence-corrected chi connectivity index (χ1v) is 8.10. The molecule has 0 amide bonds. The summed E-state index contributed by atoms with van der Waals surface area (Å²) in [5.74, 6) is 0.752. The Labute approximate surface area is 152 Å². The van der Waals surface area contributed by atoms with E-state index in [1.165, 1.54) is 26.4 Å². The minimum atomic E-state index is -2.22. The Morgan fingerprint density at radius 2 is 1.04 bits per heavy atom. The average Bonchev–Trinajstić information content (AvgIpc) is 2.55. The van der Waals surface area contributed by atoms with Gasteiger partial charge >= 0.3 is 19.5 Å². The predicted octanol–water partition coefficient (Wildman–Crippen LogP) is 1.86. The Balaban J connectivity index is 0.000000403. The van der Waals surface area contributed by atoms with Crippen LogP contribution in [0, 0.1) is 0 Å². The van der Waals surface area contributed by atoms with Crippen molar-refractivity contribution in [1.29, 1.82) is 0 Å². The quantitative estimate of drug-likeness (QED) is 0.566. The summed E-state index contributed by atoms with van der Waals surface area (Å²) >= 11 is -4.43. The minimum absolute atomic E-state index is 0. The molecular formula is C14H14O6S2Zn. The molecule has 0 radical (unpaired) electrons. The summed E-state index contributed by atoms with van der Waals surface area (Å²) in [6.45, 7) is 0. The van der Waals surface area contributed by atoms with Gasteiger partial charge in [-0.3, -0.25) is 8.42 Å². The van der Waals surface area contributed by atoms with Crippen LogP contribution in [0.1, 0.15) is 0 Å². The van der Waals surface area contributed by atoms with Crippen molar-refractivity contribution in [3.63, 3.8) is 0 Å². The number of hydrogen-bond donors (Lipinski definition) is 0. The molecule has 23 heavy (non-hydrogen) atoms. The van der Waals surface area contributed by atoms with E-state index in [9.17, 15) is 17.5 Å². The van der Waals surface area contributed by atoms with Gasteiger partial charge in [0.15, 0.2) is 0 Å². The zero-order valence-electron chi connectivity index (χ0n) is 12.6. The van der Waals surface area contributed by atoms with Crippen LogP contribution in [0.3, 0.4) is 0 Å². The number of ether oxygens (including phenoxy) is 2. The molecule has 0 aliphatic rings. The maximum Gasteiger partial charge on any atom is 2.00 e. The molecule has 2 aromatic carbocycles. The van der Waals surface area contributed by atoms with Crippen molar-refractivity contribution < 1.29 is 46.5 Å². The summed E-state index contributed by atoms with van der Waals surface area (Å²) in [6.07, 6.45) is 0. The molecule has 0 fully saturated rings. The number of hydrogen-bond acceptors (Lipinski definition) is 6. The van der Waals surface area contributed by atoms with Gasteiger partial charge in [0, 0.05) is 0 Å². The van der Waals surface area contributed by atoms with Crippen LogP contribution in [0.5, 0.6) is 11.5 Å². The molecule has 120 valence electrons. The average molecular weight is 408 g/mol. The Kier molecular flexibility index (Phi) is 10.9. The van der Waals surface area contributed by atoms with E-state index in [1.807, 2.05) is 0 Å². The van der Waals surface area contributed by atoms with Gasteiger partial charge in [-0.05, 0) is 46.4 Å². The molecular weight excluding hydrogens is 394 g/mol. The van der Waals surface area contributed by atoms with Crippen LogP contribution in [0.4, 0.5) is 0 Å². The molecule has 0 aliphatic heterocycles. The standard InChI is InChI=1S/2C7H8O3S.Zn/c2*1-10-6-4-2-3-5-7(6)11(8)9;/h2*2-5H,1H3,(H,8,9);/q;;+2/p-2. The van der Waals surface area contributed by atoms with E-state index in [-0.39, 0.29) is 29.3 Å². The largest absolute Gasteiger partial charge is 2.00 e. The van der Waals surface area contributed by atoms with Crippen LogP contribution >= 0.6 is 0 Å². The molecule has 6 nitrogen and oxygen atoms in total. The van der Waals surface area contributed by atoms with Crippen molar-refractivity contribution in [3.05, 3.63) is 48.5 Å². The van der Waals surface area contributed by atoms with Crippen molar-refractivity contribution in [3.8, 4) is 11.5 Å². The summed E-state index contributed by atoms with van der Waals surface area (Å²) in [5, 5.41) is 0. The van der Waals surface area contributed by atoms with Crippen LogP contribution in [0.15, 0.2) is 58.3 Å². The first kappa shape index (κ1) is 21.9. The zero-order chi connectivity index (χ0) is 16.5. The first-order valence-electron chi connectivity index (χ1n) is 5.95. The summed E-state index contributed by atoms with van der Waals surface area (Å²) in [5.41, 5.74) is 0. The van der Waals surface area contributed by atoms with Gasteiger partial charge in [-0.15, -0.1) is 0 Å². The second-order valence-electron chi connectivity index (χ2n) is 3.77. The number of rotatable bonds is 4. The van der Waals surface area contributed by atoms with Crippen molar-refractivity contribution in [2.75, 3.05) is 14.2 Å². The summed E-state index contributed by atoms with van der Waals surface area (Å²) < 4.78 is 51.6. The van der Waals surface area contributed by atoms with Gasteiger partial charge in [0.1, 0.15) is 11.5 Å². The summed E-state index contributed by atoms with van der Waals surface area (Å²) in [4.78, 5) is 0.380. The predicted molar refractivity (Wildman–Crippen MR) is 80.4 cm³/mol. The van der Waals surface area contributed by atoms with Crippen LogP contribution in [-0.2, 0) is 41.6 Å². The molecule has 0 heterocycles. The third-order valence-electron chi connectivity index (χ3n) is 2.50. The third-order valence-corrected chi connectivity index (χ3v) is 3.89. The molecule has 2 rings (SSSR count). The van der Waals surface area contributed by atoms with Crippen molar-refractivity contribution in [2.45, 2.75) is 9.79 Å². The second kappa shape index (κ2) is 11.4. The van der Waals surface area contributed by atoms with Gasteiger partial charge < -0.3 is 18.6 Å². The fourth-order valence-corrected chi connectivity index (χ4v) is 2.52. The molecule has 9 heteroatoms. The topological polar surface area (TPSA) is 98.7 Å². The summed E-state index contributed by atoms with van der Waals surface area (Å²) in [6, 6.07) is 12.9. The van der Waals surface area contributed by atoms with Gasteiger partial charge in [0.25, 0.3) is 0 Å². The van der Waals surface area contributed by atoms with E-state index in [0.717, 1.165) is 0 Å². The minimum Gasteiger partial charge on any atom is -0.768 e. The fraction of sp³-hybridized carbons (Fsp3) is 0.143. The molecule has 2 atom stereocenters. The normalized spacial score (nSPS) is 12.0. The monoisotopic (exact) mass is 406 g/mol.